The average Bonchev–Trinajstić information content (AvgIpc) is 3.04. The third kappa shape index (κ3) is 6.90. The van der Waals surface area contributed by atoms with Crippen molar-refractivity contribution in [2.45, 2.75) is 29.6 Å². The molecule has 0 saturated carbocycles. The van der Waals surface area contributed by atoms with Crippen molar-refractivity contribution >= 4 is 44.2 Å². The number of hydrogen-bond donors (Lipinski definition) is 3. The second kappa shape index (κ2) is 9.31. The number of carbonyl (C=O) groups excluding carboxylic acids is 1. The number of thioether (sulfide) groups is 1. The highest BCUT2D eigenvalue weighted by Crippen LogP contribution is 2.25. The van der Waals surface area contributed by atoms with E-state index in [0.29, 0.717) is 12.5 Å². The summed E-state index contributed by atoms with van der Waals surface area (Å²) in [5, 5.41) is 19.8. The van der Waals surface area contributed by atoms with Gasteiger partial charge < -0.3 is 10.6 Å². The number of primary sulfonamides is 1. The molecule has 1 heterocycles. The van der Waals surface area contributed by atoms with Gasteiger partial charge in [-0.05, 0) is 23.6 Å². The number of nitrogens with zero attached hydrogens (tertiary/aromatic N) is 2. The maximum atomic E-state index is 11.9. The van der Waals surface area contributed by atoms with Gasteiger partial charge in [-0.2, -0.15) is 0 Å². The van der Waals surface area contributed by atoms with Crippen LogP contribution >= 0.6 is 23.1 Å². The van der Waals surface area contributed by atoms with Crippen LogP contribution in [0, 0.1) is 5.92 Å². The van der Waals surface area contributed by atoms with Gasteiger partial charge in [0, 0.05) is 13.1 Å². The molecule has 0 aliphatic rings. The van der Waals surface area contributed by atoms with Crippen molar-refractivity contribution in [2.24, 2.45) is 11.1 Å². The Morgan fingerprint density at radius 1 is 1.27 bits per heavy atom. The first-order valence-corrected chi connectivity index (χ1v) is 11.2. The van der Waals surface area contributed by atoms with Crippen LogP contribution in [0.1, 0.15) is 19.4 Å². The van der Waals surface area contributed by atoms with Crippen molar-refractivity contribution in [2.75, 3.05) is 17.6 Å². The second-order valence-corrected chi connectivity index (χ2v) is 9.66. The number of aromatic nitrogens is 2. The molecule has 0 aliphatic heterocycles. The number of amides is 1. The molecule has 0 saturated heterocycles. The molecule has 142 valence electrons. The lowest BCUT2D eigenvalue weighted by molar-refractivity contribution is -0.118. The Bertz CT molecular complexity index is 834. The maximum absolute atomic E-state index is 11.9. The fraction of sp³-hybridized carbons (Fsp3) is 0.400. The predicted octanol–water partition coefficient (Wildman–Crippen LogP) is 1.66. The number of nitrogens with one attached hydrogen (secondary N) is 2. The highest BCUT2D eigenvalue weighted by atomic mass is 32.2. The standard InChI is InChI=1S/C15H21N5O3S3/c1-10(2)7-18-14-19-20-15(25-14)24-9-13(21)17-8-11-3-5-12(6-4-11)26(16,22)23/h3-6,10H,7-9H2,1-2H3,(H,17,21)(H,18,19)(H2,16,22,23). The monoisotopic (exact) mass is 415 g/mol. The van der Waals surface area contributed by atoms with Crippen LogP contribution in [0.4, 0.5) is 5.13 Å². The van der Waals surface area contributed by atoms with Crippen LogP contribution in [-0.2, 0) is 21.4 Å². The van der Waals surface area contributed by atoms with E-state index >= 15 is 0 Å². The zero-order valence-electron chi connectivity index (χ0n) is 14.4. The second-order valence-electron chi connectivity index (χ2n) is 5.90. The van der Waals surface area contributed by atoms with Gasteiger partial charge in [0.05, 0.1) is 10.6 Å². The number of nitrogens with two attached hydrogens (primary N) is 1. The fourth-order valence-corrected chi connectivity index (χ4v) is 3.91. The summed E-state index contributed by atoms with van der Waals surface area (Å²) in [5.41, 5.74) is 0.784. The molecule has 0 radical (unpaired) electrons. The van der Waals surface area contributed by atoms with E-state index in [1.165, 1.54) is 35.2 Å². The third-order valence-electron chi connectivity index (χ3n) is 3.14. The van der Waals surface area contributed by atoms with E-state index in [9.17, 15) is 13.2 Å². The summed E-state index contributed by atoms with van der Waals surface area (Å²) < 4.78 is 23.1. The smallest absolute Gasteiger partial charge is 0.238 e. The van der Waals surface area contributed by atoms with E-state index in [1.807, 2.05) is 0 Å². The van der Waals surface area contributed by atoms with Crippen LogP contribution in [0.3, 0.4) is 0 Å². The molecule has 0 fully saturated rings. The normalized spacial score (nSPS) is 11.5. The minimum atomic E-state index is -3.70. The van der Waals surface area contributed by atoms with Gasteiger partial charge in [0.1, 0.15) is 0 Å². The lowest BCUT2D eigenvalue weighted by atomic mass is 10.2. The summed E-state index contributed by atoms with van der Waals surface area (Å²) in [4.78, 5) is 12.0. The molecule has 0 atom stereocenters. The van der Waals surface area contributed by atoms with Gasteiger partial charge >= 0.3 is 0 Å². The van der Waals surface area contributed by atoms with Crippen molar-refractivity contribution in [1.82, 2.24) is 15.5 Å². The van der Waals surface area contributed by atoms with Gasteiger partial charge in [0.15, 0.2) is 4.34 Å². The highest BCUT2D eigenvalue weighted by molar-refractivity contribution is 8.01. The fourth-order valence-electron chi connectivity index (χ4n) is 1.81. The van der Waals surface area contributed by atoms with Crippen LogP contribution in [-0.4, -0.2) is 36.8 Å². The van der Waals surface area contributed by atoms with E-state index in [4.69, 9.17) is 5.14 Å². The molecule has 0 aliphatic carbocycles. The Morgan fingerprint density at radius 3 is 2.58 bits per heavy atom. The van der Waals surface area contributed by atoms with Crippen LogP contribution in [0.15, 0.2) is 33.5 Å². The molecule has 0 unspecified atom stereocenters. The van der Waals surface area contributed by atoms with Gasteiger partial charge in [0.2, 0.25) is 21.1 Å². The number of rotatable bonds is 9. The Hall–Kier alpha value is -1.69. The van der Waals surface area contributed by atoms with Gasteiger partial charge in [-0.15, -0.1) is 10.2 Å². The average molecular weight is 416 g/mol. The minimum Gasteiger partial charge on any atom is -0.360 e. The molecular weight excluding hydrogens is 394 g/mol. The van der Waals surface area contributed by atoms with E-state index in [0.717, 1.165) is 21.6 Å². The van der Waals surface area contributed by atoms with Crippen LogP contribution in [0.2, 0.25) is 0 Å². The lowest BCUT2D eigenvalue weighted by Crippen LogP contribution is -2.24. The summed E-state index contributed by atoms with van der Waals surface area (Å²) >= 11 is 2.74. The van der Waals surface area contributed by atoms with Crippen molar-refractivity contribution in [3.63, 3.8) is 0 Å². The van der Waals surface area contributed by atoms with Gasteiger partial charge in [0.25, 0.3) is 0 Å². The summed E-state index contributed by atoms with van der Waals surface area (Å²) in [6.45, 7) is 5.35. The molecule has 0 spiro atoms. The molecule has 4 N–H and O–H groups in total. The largest absolute Gasteiger partial charge is 0.360 e. The number of hydrogen-bond acceptors (Lipinski definition) is 8. The molecule has 2 rings (SSSR count). The molecule has 11 heteroatoms. The third-order valence-corrected chi connectivity index (χ3v) is 6.08. The molecular formula is C15H21N5O3S3. The SMILES string of the molecule is CC(C)CNc1nnc(SCC(=O)NCc2ccc(S(N)(=O)=O)cc2)s1. The first-order chi connectivity index (χ1) is 12.2. The Kier molecular flexibility index (Phi) is 7.38. The molecule has 1 aromatic carbocycles. The number of sulfonamides is 1. The predicted molar refractivity (Wildman–Crippen MR) is 104 cm³/mol. The van der Waals surface area contributed by atoms with Crippen LogP contribution < -0.4 is 15.8 Å². The van der Waals surface area contributed by atoms with E-state index in [2.05, 4.69) is 34.7 Å². The van der Waals surface area contributed by atoms with E-state index < -0.39 is 10.0 Å². The van der Waals surface area contributed by atoms with Crippen LogP contribution in [0.25, 0.3) is 0 Å². The summed E-state index contributed by atoms with van der Waals surface area (Å²) in [5.74, 6) is 0.603. The van der Waals surface area contributed by atoms with Crippen LogP contribution in [0.5, 0.6) is 0 Å². The summed E-state index contributed by atoms with van der Waals surface area (Å²) in [7, 11) is -3.70. The maximum Gasteiger partial charge on any atom is 0.238 e. The Balaban J connectivity index is 1.75. The first-order valence-electron chi connectivity index (χ1n) is 7.82. The number of carbonyl (C=O) groups is 1. The van der Waals surface area contributed by atoms with Gasteiger partial charge in [-0.25, -0.2) is 13.6 Å². The number of benzene rings is 1. The molecule has 0 bridgehead atoms. The zero-order chi connectivity index (χ0) is 19.2. The molecule has 1 aromatic heterocycles. The zero-order valence-corrected chi connectivity index (χ0v) is 16.9. The topological polar surface area (TPSA) is 127 Å². The summed E-state index contributed by atoms with van der Waals surface area (Å²) in [6.07, 6.45) is 0. The van der Waals surface area contributed by atoms with E-state index in [1.54, 1.807) is 12.1 Å². The van der Waals surface area contributed by atoms with Gasteiger partial charge in [-0.3, -0.25) is 4.79 Å². The first kappa shape index (κ1) is 20.6. The highest BCUT2D eigenvalue weighted by Gasteiger charge is 2.09. The molecule has 1 amide bonds. The minimum absolute atomic E-state index is 0.0429. The molecule has 8 nitrogen and oxygen atoms in total. The molecule has 2 aromatic rings. The van der Waals surface area contributed by atoms with Crippen molar-refractivity contribution in [3.8, 4) is 0 Å². The quantitative estimate of drug-likeness (QED) is 0.532. The van der Waals surface area contributed by atoms with Crippen molar-refractivity contribution in [3.05, 3.63) is 29.8 Å². The number of anilines is 1. The summed E-state index contributed by atoms with van der Waals surface area (Å²) in [6, 6.07) is 6.06. The van der Waals surface area contributed by atoms with Gasteiger partial charge in [-0.1, -0.05) is 49.1 Å². The Morgan fingerprint density at radius 2 is 1.96 bits per heavy atom. The van der Waals surface area contributed by atoms with Crippen molar-refractivity contribution < 1.29 is 13.2 Å². The molecule has 26 heavy (non-hydrogen) atoms. The Labute approximate surface area is 161 Å². The lowest BCUT2D eigenvalue weighted by Gasteiger charge is -2.05. The van der Waals surface area contributed by atoms with E-state index in [-0.39, 0.29) is 16.6 Å². The van der Waals surface area contributed by atoms with Crippen molar-refractivity contribution in [1.29, 1.82) is 0 Å².